The molecule has 1 nitrogen and oxygen atoms in total. The fraction of sp³-hybridized carbons (Fsp3) is 0. The van der Waals surface area contributed by atoms with Gasteiger partial charge in [0.25, 0.3) is 0 Å². The van der Waals surface area contributed by atoms with Gasteiger partial charge in [0.2, 0.25) is 0 Å². The summed E-state index contributed by atoms with van der Waals surface area (Å²) in [5.74, 6) is 0. The SMILES string of the molecule is [InH3].[O]=[Zn].[Sc]. The van der Waals surface area contributed by atoms with Crippen molar-refractivity contribution in [2.45, 2.75) is 0 Å². The zero-order valence-electron chi connectivity index (χ0n) is 1.69. The minimum absolute atomic E-state index is 0. The van der Waals surface area contributed by atoms with E-state index >= 15 is 0 Å². The van der Waals surface area contributed by atoms with E-state index in [1.807, 2.05) is 0 Å². The van der Waals surface area contributed by atoms with Crippen LogP contribution in [0.3, 0.4) is 0 Å². The zero-order chi connectivity index (χ0) is 2.00. The molecule has 0 aliphatic heterocycles. The van der Waals surface area contributed by atoms with E-state index in [0.717, 1.165) is 0 Å². The van der Waals surface area contributed by atoms with E-state index in [0.29, 0.717) is 0 Å². The predicted octanol–water partition coefficient (Wildman–Crippen LogP) is -1.31. The standard InChI is InChI=1S/In.O.Sc.Zn.3H. The molecule has 0 N–H and O–H groups in total. The Hall–Kier alpha value is 2.16. The molecule has 0 unspecified atom stereocenters. The van der Waals surface area contributed by atoms with Crippen molar-refractivity contribution < 1.29 is 47.7 Å². The van der Waals surface area contributed by atoms with Gasteiger partial charge in [0, 0.05) is 25.8 Å². The van der Waals surface area contributed by atoms with Crippen LogP contribution in [0.5, 0.6) is 0 Å². The first-order valence-electron chi connectivity index (χ1n) is 0.289. The third-order valence-corrected chi connectivity index (χ3v) is 0. The summed E-state index contributed by atoms with van der Waals surface area (Å²) in [6.07, 6.45) is 0. The smallest absolute Gasteiger partial charge is 0 e. The van der Waals surface area contributed by atoms with Gasteiger partial charge in [0.05, 0.1) is 0 Å². The predicted molar refractivity (Wildman–Crippen MR) is 10.6 cm³/mol. The Morgan fingerprint density at radius 3 is 1.25 bits per heavy atom. The van der Waals surface area contributed by atoms with E-state index in [1.165, 1.54) is 0 Å². The summed E-state index contributed by atoms with van der Waals surface area (Å²) in [7, 11) is 0. The molecular weight excluding hydrogens is 241 g/mol. The van der Waals surface area contributed by atoms with Crippen molar-refractivity contribution in [2.75, 3.05) is 0 Å². The molecule has 0 aromatic heterocycles. The molecule has 0 saturated carbocycles. The summed E-state index contributed by atoms with van der Waals surface area (Å²) in [5, 5.41) is 0. The van der Waals surface area contributed by atoms with Crippen molar-refractivity contribution in [1.82, 2.24) is 0 Å². The zero-order valence-corrected chi connectivity index (χ0v) is 6.46. The van der Waals surface area contributed by atoms with Gasteiger partial charge in [-0.1, -0.05) is 0 Å². The normalized spacial score (nSPS) is 1.50. The summed E-state index contributed by atoms with van der Waals surface area (Å²) >= 11 is 0.125. The molecule has 0 aliphatic carbocycles. The van der Waals surface area contributed by atoms with Gasteiger partial charge in [-0.25, -0.2) is 0 Å². The van der Waals surface area contributed by atoms with Gasteiger partial charge >= 0.3 is 47.7 Å². The third kappa shape index (κ3) is 8.90. The summed E-state index contributed by atoms with van der Waals surface area (Å²) in [6, 6.07) is 0. The first kappa shape index (κ1) is 16.4. The van der Waals surface area contributed by atoms with E-state index < -0.39 is 0 Å². The fourth-order valence-corrected chi connectivity index (χ4v) is 0. The van der Waals surface area contributed by atoms with Crippen LogP contribution in [0.2, 0.25) is 0 Å². The van der Waals surface area contributed by atoms with Crippen molar-refractivity contribution >= 4 is 25.8 Å². The summed E-state index contributed by atoms with van der Waals surface area (Å²) in [6.45, 7) is 0. The van der Waals surface area contributed by atoms with Crippen LogP contribution >= 0.6 is 0 Å². The van der Waals surface area contributed by atoms with E-state index in [1.54, 1.807) is 0 Å². The van der Waals surface area contributed by atoms with E-state index in [2.05, 4.69) is 0 Å². The van der Waals surface area contributed by atoms with Crippen molar-refractivity contribution in [3.05, 3.63) is 0 Å². The van der Waals surface area contributed by atoms with Crippen LogP contribution in [-0.2, 0) is 47.7 Å². The van der Waals surface area contributed by atoms with Crippen LogP contribution < -0.4 is 0 Å². The molecule has 17 valence electrons. The second-order valence-electron chi connectivity index (χ2n) is 0. The largest absolute Gasteiger partial charge is 0 e. The average Bonchev–Trinajstić information content (AvgIpc) is 1.00. The van der Waals surface area contributed by atoms with Gasteiger partial charge < -0.3 is 0 Å². The van der Waals surface area contributed by atoms with Gasteiger partial charge in [-0.05, 0) is 0 Å². The molecule has 0 fully saturated rings. The maximum absolute atomic E-state index is 8.38. The van der Waals surface area contributed by atoms with Crippen LogP contribution in [0.25, 0.3) is 0 Å². The minimum Gasteiger partial charge on any atom is 0 e. The maximum Gasteiger partial charge on any atom is 0 e. The van der Waals surface area contributed by atoms with Crippen LogP contribution in [0.15, 0.2) is 0 Å². The molecule has 0 aromatic carbocycles. The Morgan fingerprint density at radius 2 is 1.25 bits per heavy atom. The fourth-order valence-electron chi connectivity index (χ4n) is 0. The molecule has 0 spiro atoms. The Balaban J connectivity index is -0.00000000500. The van der Waals surface area contributed by atoms with E-state index in [4.69, 9.17) is 3.57 Å². The van der Waals surface area contributed by atoms with Gasteiger partial charge in [0.15, 0.2) is 0 Å². The summed E-state index contributed by atoms with van der Waals surface area (Å²) < 4.78 is 8.38. The number of rotatable bonds is 0. The molecule has 0 atom stereocenters. The molecule has 0 aromatic rings. The first-order valence-corrected chi connectivity index (χ1v) is 1.50. The Morgan fingerprint density at radius 1 is 1.25 bits per heavy atom. The molecule has 1 radical (unpaired) electrons. The Bertz CT molecular complexity index is 8.00. The first-order chi connectivity index (χ1) is 1.00. The average molecular weight is 244 g/mol. The maximum atomic E-state index is 8.38. The molecule has 0 aliphatic rings. The van der Waals surface area contributed by atoms with Gasteiger partial charge in [-0.15, -0.1) is 0 Å². The van der Waals surface area contributed by atoms with Crippen molar-refractivity contribution in [1.29, 1.82) is 0 Å². The molecule has 0 bridgehead atoms. The van der Waals surface area contributed by atoms with Crippen LogP contribution in [0.1, 0.15) is 0 Å². The van der Waals surface area contributed by atoms with Crippen molar-refractivity contribution in [3.63, 3.8) is 0 Å². The summed E-state index contributed by atoms with van der Waals surface area (Å²) in [5.41, 5.74) is 0. The van der Waals surface area contributed by atoms with Crippen LogP contribution in [0.4, 0.5) is 0 Å². The van der Waals surface area contributed by atoms with Gasteiger partial charge in [0.1, 0.15) is 0 Å². The molecule has 4 heteroatoms. The Kier molecular flexibility index (Phi) is 78.5. The number of hydrogen-bond acceptors (Lipinski definition) is 1. The van der Waals surface area contributed by atoms with Gasteiger partial charge in [-0.2, -0.15) is 0 Å². The quantitative estimate of drug-likeness (QED) is 0.484. The molecule has 0 rings (SSSR count). The topological polar surface area (TPSA) is 17.1 Å². The molecule has 0 amide bonds. The molecule has 0 saturated heterocycles. The second kappa shape index (κ2) is 19.1. The Labute approximate surface area is 72.4 Å². The third-order valence-electron chi connectivity index (χ3n) is 0. The van der Waals surface area contributed by atoms with E-state index in [9.17, 15) is 0 Å². The van der Waals surface area contributed by atoms with E-state index in [-0.39, 0.29) is 69.9 Å². The minimum atomic E-state index is 0. The van der Waals surface area contributed by atoms with Crippen molar-refractivity contribution in [2.24, 2.45) is 0 Å². The van der Waals surface area contributed by atoms with Crippen LogP contribution in [-0.4, -0.2) is 25.8 Å². The molecule has 0 heterocycles. The van der Waals surface area contributed by atoms with Crippen molar-refractivity contribution in [3.8, 4) is 0 Å². The molecule has 4 heavy (non-hydrogen) atoms. The van der Waals surface area contributed by atoms with Gasteiger partial charge in [-0.3, -0.25) is 0 Å². The number of hydrogen-bond donors (Lipinski definition) is 0. The summed E-state index contributed by atoms with van der Waals surface area (Å²) in [4.78, 5) is 0. The second-order valence-corrected chi connectivity index (χ2v) is 0. The van der Waals surface area contributed by atoms with Crippen LogP contribution in [0, 0.1) is 0 Å². The molecular formula is H3InOScZn. The monoisotopic (exact) mass is 243 g/mol.